The smallest absolute Gasteiger partial charge is 0.253 e. The van der Waals surface area contributed by atoms with Crippen molar-refractivity contribution < 1.29 is 14.3 Å². The number of piperidine rings is 1. The van der Waals surface area contributed by atoms with Crippen LogP contribution in [0.3, 0.4) is 0 Å². The number of halogens is 1. The van der Waals surface area contributed by atoms with Gasteiger partial charge in [-0.25, -0.2) is 0 Å². The predicted molar refractivity (Wildman–Crippen MR) is 112 cm³/mol. The van der Waals surface area contributed by atoms with Crippen LogP contribution in [-0.2, 0) is 0 Å². The van der Waals surface area contributed by atoms with Crippen LogP contribution in [0.25, 0.3) is 0 Å². The Morgan fingerprint density at radius 3 is 2.55 bits per heavy atom. The molecule has 0 saturated carbocycles. The summed E-state index contributed by atoms with van der Waals surface area (Å²) in [5.41, 5.74) is 0.632. The lowest BCUT2D eigenvalue weighted by molar-refractivity contribution is 0.0538. The Hall–Kier alpha value is -3.05. The summed E-state index contributed by atoms with van der Waals surface area (Å²) in [6, 6.07) is 18.5. The van der Waals surface area contributed by atoms with Gasteiger partial charge in [0.25, 0.3) is 5.91 Å². The predicted octanol–water partition coefficient (Wildman–Crippen LogP) is 5.21. The number of likely N-dealkylation sites (tertiary alicyclic amines) is 1. The zero-order valence-corrected chi connectivity index (χ0v) is 16.6. The fraction of sp³-hybridized carbons (Fsp3) is 0.217. The second-order valence-electron chi connectivity index (χ2n) is 6.88. The fourth-order valence-electron chi connectivity index (χ4n) is 3.33. The standard InChI is InChI=1S/C23H21ClN2O3/c24-21-15-25-13-12-22(21)29-20-7-4-14-26(16-20)23(27)17-8-10-19(11-9-17)28-18-5-2-1-3-6-18/h1-3,5-6,8-13,15,20H,4,7,14,16H2. The van der Waals surface area contributed by atoms with Crippen molar-refractivity contribution >= 4 is 17.5 Å². The van der Waals surface area contributed by atoms with Gasteiger partial charge in [0.2, 0.25) is 0 Å². The molecule has 0 bridgehead atoms. The average Bonchev–Trinajstić information content (AvgIpc) is 2.76. The van der Waals surface area contributed by atoms with Crippen LogP contribution in [0.1, 0.15) is 23.2 Å². The van der Waals surface area contributed by atoms with Crippen molar-refractivity contribution in [3.63, 3.8) is 0 Å². The Kier molecular flexibility index (Phi) is 5.96. The summed E-state index contributed by atoms with van der Waals surface area (Å²) in [6.45, 7) is 1.24. The van der Waals surface area contributed by atoms with Crippen LogP contribution in [0, 0.1) is 0 Å². The number of amides is 1. The Balaban J connectivity index is 1.39. The summed E-state index contributed by atoms with van der Waals surface area (Å²) < 4.78 is 11.8. The normalized spacial score (nSPS) is 16.3. The molecule has 3 aromatic rings. The second-order valence-corrected chi connectivity index (χ2v) is 7.29. The van der Waals surface area contributed by atoms with E-state index in [-0.39, 0.29) is 12.0 Å². The maximum Gasteiger partial charge on any atom is 0.253 e. The lowest BCUT2D eigenvalue weighted by atomic mass is 10.1. The quantitative estimate of drug-likeness (QED) is 0.581. The molecule has 2 aromatic carbocycles. The van der Waals surface area contributed by atoms with Gasteiger partial charge in [-0.1, -0.05) is 29.8 Å². The van der Waals surface area contributed by atoms with Gasteiger partial charge in [-0.05, 0) is 49.2 Å². The molecule has 0 N–H and O–H groups in total. The topological polar surface area (TPSA) is 51.7 Å². The van der Waals surface area contributed by atoms with Crippen molar-refractivity contribution in [2.24, 2.45) is 0 Å². The van der Waals surface area contributed by atoms with E-state index >= 15 is 0 Å². The molecule has 1 aliphatic rings. The third-order valence-corrected chi connectivity index (χ3v) is 5.06. The van der Waals surface area contributed by atoms with Gasteiger partial charge in [0.15, 0.2) is 0 Å². The van der Waals surface area contributed by atoms with Gasteiger partial charge in [0.1, 0.15) is 28.4 Å². The fourth-order valence-corrected chi connectivity index (χ4v) is 3.49. The minimum atomic E-state index is -0.0895. The van der Waals surface area contributed by atoms with Gasteiger partial charge in [0, 0.05) is 30.6 Å². The van der Waals surface area contributed by atoms with E-state index in [1.165, 1.54) is 0 Å². The first-order chi connectivity index (χ1) is 14.2. The molecule has 0 radical (unpaired) electrons. The first-order valence-corrected chi connectivity index (χ1v) is 9.95. The van der Waals surface area contributed by atoms with E-state index < -0.39 is 0 Å². The van der Waals surface area contributed by atoms with E-state index in [9.17, 15) is 4.79 Å². The van der Waals surface area contributed by atoms with Gasteiger partial charge < -0.3 is 14.4 Å². The molecule has 29 heavy (non-hydrogen) atoms. The summed E-state index contributed by atoms with van der Waals surface area (Å²) in [4.78, 5) is 18.7. The Labute approximate surface area is 174 Å². The van der Waals surface area contributed by atoms with E-state index in [0.29, 0.717) is 35.2 Å². The van der Waals surface area contributed by atoms with Crippen LogP contribution >= 0.6 is 11.6 Å². The van der Waals surface area contributed by atoms with Gasteiger partial charge in [-0.2, -0.15) is 0 Å². The summed E-state index contributed by atoms with van der Waals surface area (Å²) in [7, 11) is 0. The van der Waals surface area contributed by atoms with Crippen LogP contribution in [0.5, 0.6) is 17.2 Å². The van der Waals surface area contributed by atoms with E-state index in [2.05, 4.69) is 4.98 Å². The molecule has 148 valence electrons. The minimum Gasteiger partial charge on any atom is -0.487 e. The number of para-hydroxylation sites is 1. The van der Waals surface area contributed by atoms with E-state index in [1.807, 2.05) is 47.4 Å². The lowest BCUT2D eigenvalue weighted by Gasteiger charge is -2.33. The molecule has 0 spiro atoms. The Morgan fingerprint density at radius 2 is 1.79 bits per heavy atom. The second kappa shape index (κ2) is 8.97. The average molecular weight is 409 g/mol. The summed E-state index contributed by atoms with van der Waals surface area (Å²) >= 11 is 6.13. The molecular weight excluding hydrogens is 388 g/mol. The van der Waals surface area contributed by atoms with Crippen molar-refractivity contribution in [3.8, 4) is 17.2 Å². The molecule has 1 saturated heterocycles. The number of rotatable bonds is 5. The van der Waals surface area contributed by atoms with Crippen LogP contribution in [-0.4, -0.2) is 35.0 Å². The highest BCUT2D eigenvalue weighted by atomic mass is 35.5. The first-order valence-electron chi connectivity index (χ1n) is 9.57. The molecule has 1 atom stereocenters. The van der Waals surface area contributed by atoms with Gasteiger partial charge >= 0.3 is 0 Å². The molecule has 5 nitrogen and oxygen atoms in total. The van der Waals surface area contributed by atoms with Crippen LogP contribution in [0.15, 0.2) is 73.1 Å². The van der Waals surface area contributed by atoms with Crippen molar-refractivity contribution in [2.75, 3.05) is 13.1 Å². The first kappa shape index (κ1) is 19.3. The van der Waals surface area contributed by atoms with Gasteiger partial charge in [0.05, 0.1) is 6.54 Å². The molecule has 1 aliphatic heterocycles. The maximum atomic E-state index is 12.9. The molecule has 1 aromatic heterocycles. The Bertz CT molecular complexity index is 963. The zero-order valence-electron chi connectivity index (χ0n) is 15.8. The molecule has 1 amide bonds. The van der Waals surface area contributed by atoms with E-state index in [0.717, 1.165) is 18.6 Å². The molecule has 2 heterocycles. The van der Waals surface area contributed by atoms with Crippen LogP contribution in [0.4, 0.5) is 0 Å². The molecule has 0 aliphatic carbocycles. The molecule has 6 heteroatoms. The third-order valence-electron chi connectivity index (χ3n) is 4.77. The summed E-state index contributed by atoms with van der Waals surface area (Å²) in [5.74, 6) is 2.05. The van der Waals surface area contributed by atoms with E-state index in [1.54, 1.807) is 30.6 Å². The Morgan fingerprint density at radius 1 is 1.03 bits per heavy atom. The summed E-state index contributed by atoms with van der Waals surface area (Å²) in [6.07, 6.45) is 4.88. The highest BCUT2D eigenvalue weighted by molar-refractivity contribution is 6.31. The van der Waals surface area contributed by atoms with Crippen LogP contribution < -0.4 is 9.47 Å². The molecule has 4 rings (SSSR count). The van der Waals surface area contributed by atoms with Crippen molar-refractivity contribution in [2.45, 2.75) is 18.9 Å². The minimum absolute atomic E-state index is 0.00890. The van der Waals surface area contributed by atoms with Gasteiger partial charge in [-0.3, -0.25) is 9.78 Å². The number of carbonyl (C=O) groups is 1. The lowest BCUT2D eigenvalue weighted by Crippen LogP contribution is -2.44. The number of aromatic nitrogens is 1. The van der Waals surface area contributed by atoms with E-state index in [4.69, 9.17) is 21.1 Å². The monoisotopic (exact) mass is 408 g/mol. The number of hydrogen-bond acceptors (Lipinski definition) is 4. The number of benzene rings is 2. The van der Waals surface area contributed by atoms with Crippen molar-refractivity contribution in [1.29, 1.82) is 0 Å². The summed E-state index contributed by atoms with van der Waals surface area (Å²) in [5, 5.41) is 0.477. The molecule has 1 fully saturated rings. The highest BCUT2D eigenvalue weighted by Crippen LogP contribution is 2.26. The molecule has 1 unspecified atom stereocenters. The molecular formula is C23H21ClN2O3. The maximum absolute atomic E-state index is 12.9. The SMILES string of the molecule is O=C(c1ccc(Oc2ccccc2)cc1)N1CCCC(Oc2ccncc2Cl)C1. The van der Waals surface area contributed by atoms with Gasteiger partial charge in [-0.15, -0.1) is 0 Å². The van der Waals surface area contributed by atoms with Crippen molar-refractivity contribution in [3.05, 3.63) is 83.6 Å². The number of hydrogen-bond donors (Lipinski definition) is 0. The largest absolute Gasteiger partial charge is 0.487 e. The number of carbonyl (C=O) groups excluding carboxylic acids is 1. The third kappa shape index (κ3) is 4.87. The zero-order chi connectivity index (χ0) is 20.1. The number of pyridine rings is 1. The van der Waals surface area contributed by atoms with Crippen LogP contribution in [0.2, 0.25) is 5.02 Å². The number of ether oxygens (including phenoxy) is 2. The van der Waals surface area contributed by atoms with Crippen molar-refractivity contribution in [1.82, 2.24) is 9.88 Å². The number of nitrogens with zero attached hydrogens (tertiary/aromatic N) is 2. The highest BCUT2D eigenvalue weighted by Gasteiger charge is 2.26.